The second-order valence-corrected chi connectivity index (χ2v) is 5.57. The normalized spacial score (nSPS) is 11.5. The maximum absolute atomic E-state index is 11.7. The molecule has 0 bridgehead atoms. The van der Waals surface area contributed by atoms with Gasteiger partial charge in [-0.2, -0.15) is 0 Å². The van der Waals surface area contributed by atoms with E-state index in [0.29, 0.717) is 10.7 Å². The molecule has 3 N–H and O–H groups in total. The molecule has 114 valence electrons. The largest absolute Gasteiger partial charge is 0.480 e. The number of halogens is 1. The average Bonchev–Trinajstić information content (AvgIpc) is 2.39. The highest BCUT2D eigenvalue weighted by molar-refractivity contribution is 8.00. The lowest BCUT2D eigenvalue weighted by atomic mass is 10.3. The van der Waals surface area contributed by atoms with Crippen LogP contribution in [0.15, 0.2) is 24.3 Å². The van der Waals surface area contributed by atoms with Crippen molar-refractivity contribution < 1.29 is 19.5 Å². The Hall–Kier alpha value is -1.73. The third-order valence-corrected chi connectivity index (χ3v) is 3.71. The molecule has 1 unspecified atom stereocenters. The van der Waals surface area contributed by atoms with Crippen molar-refractivity contribution in [1.82, 2.24) is 5.32 Å². The maximum Gasteiger partial charge on any atom is 0.327 e. The van der Waals surface area contributed by atoms with Gasteiger partial charge in [-0.05, 0) is 12.1 Å². The number of carbonyl (C=O) groups excluding carboxylic acids is 2. The van der Waals surface area contributed by atoms with E-state index in [1.165, 1.54) is 6.92 Å². The monoisotopic (exact) mass is 330 g/mol. The first-order chi connectivity index (χ1) is 9.90. The molecule has 1 aromatic carbocycles. The second-order valence-electron chi connectivity index (χ2n) is 4.13. The number of carboxylic acids is 1. The smallest absolute Gasteiger partial charge is 0.327 e. The number of amides is 2. The minimum absolute atomic E-state index is 0.0641. The number of carboxylic acid groups (broad SMARTS) is 1. The first kappa shape index (κ1) is 17.3. The van der Waals surface area contributed by atoms with Gasteiger partial charge in [0.1, 0.15) is 6.04 Å². The Morgan fingerprint density at radius 3 is 2.57 bits per heavy atom. The third-order valence-electron chi connectivity index (χ3n) is 2.34. The van der Waals surface area contributed by atoms with Gasteiger partial charge in [-0.3, -0.25) is 9.59 Å². The lowest BCUT2D eigenvalue weighted by Crippen LogP contribution is -2.41. The topological polar surface area (TPSA) is 95.5 Å². The van der Waals surface area contributed by atoms with Crippen LogP contribution in [0.5, 0.6) is 0 Å². The van der Waals surface area contributed by atoms with Crippen LogP contribution in [0.4, 0.5) is 5.69 Å². The van der Waals surface area contributed by atoms with E-state index in [9.17, 15) is 14.4 Å². The summed E-state index contributed by atoms with van der Waals surface area (Å²) in [5.74, 6) is -1.69. The fourth-order valence-electron chi connectivity index (χ4n) is 1.44. The van der Waals surface area contributed by atoms with E-state index in [4.69, 9.17) is 16.7 Å². The van der Waals surface area contributed by atoms with Crippen molar-refractivity contribution in [3.63, 3.8) is 0 Å². The van der Waals surface area contributed by atoms with Gasteiger partial charge in [0, 0.05) is 12.7 Å². The summed E-state index contributed by atoms with van der Waals surface area (Å²) in [6.07, 6.45) is 0. The van der Waals surface area contributed by atoms with Gasteiger partial charge in [-0.1, -0.05) is 23.7 Å². The maximum atomic E-state index is 11.7. The van der Waals surface area contributed by atoms with Crippen LogP contribution in [-0.4, -0.2) is 40.4 Å². The lowest BCUT2D eigenvalue weighted by Gasteiger charge is -2.12. The van der Waals surface area contributed by atoms with Crippen LogP contribution in [0.1, 0.15) is 6.92 Å². The minimum Gasteiger partial charge on any atom is -0.480 e. The first-order valence-corrected chi connectivity index (χ1v) is 7.55. The quantitative estimate of drug-likeness (QED) is 0.705. The van der Waals surface area contributed by atoms with Gasteiger partial charge in [0.15, 0.2) is 0 Å². The molecule has 0 saturated carbocycles. The highest BCUT2D eigenvalue weighted by Gasteiger charge is 2.18. The molecule has 1 aromatic rings. The summed E-state index contributed by atoms with van der Waals surface area (Å²) in [6.45, 7) is 1.24. The van der Waals surface area contributed by atoms with Crippen LogP contribution in [0.2, 0.25) is 5.02 Å². The number of carbonyl (C=O) groups is 3. The number of thioether (sulfide) groups is 1. The van der Waals surface area contributed by atoms with Crippen LogP contribution in [-0.2, 0) is 14.4 Å². The summed E-state index contributed by atoms with van der Waals surface area (Å²) in [5, 5.41) is 14.3. The Kier molecular flexibility index (Phi) is 7.04. The zero-order valence-electron chi connectivity index (χ0n) is 11.3. The standard InChI is InChI=1S/C13H15ClN2O4S/c1-8(17)15-11(13(19)20)6-21-7-12(18)16-10-5-3-2-4-9(10)14/h2-5,11H,6-7H2,1H3,(H,15,17)(H,16,18)(H,19,20). The van der Waals surface area contributed by atoms with E-state index >= 15 is 0 Å². The van der Waals surface area contributed by atoms with Crippen molar-refractivity contribution in [2.24, 2.45) is 0 Å². The Morgan fingerprint density at radius 1 is 1.33 bits per heavy atom. The van der Waals surface area contributed by atoms with Crippen LogP contribution in [0.3, 0.4) is 0 Å². The zero-order chi connectivity index (χ0) is 15.8. The summed E-state index contributed by atoms with van der Waals surface area (Å²) < 4.78 is 0. The van der Waals surface area contributed by atoms with Crippen LogP contribution >= 0.6 is 23.4 Å². The number of hydrogen-bond donors (Lipinski definition) is 3. The van der Waals surface area contributed by atoms with Crippen LogP contribution in [0.25, 0.3) is 0 Å². The van der Waals surface area contributed by atoms with E-state index in [0.717, 1.165) is 11.8 Å². The van der Waals surface area contributed by atoms with Crippen molar-refractivity contribution in [2.75, 3.05) is 16.8 Å². The molecule has 1 rings (SSSR count). The summed E-state index contributed by atoms with van der Waals surface area (Å²) in [7, 11) is 0. The van der Waals surface area contributed by atoms with Gasteiger partial charge in [0.2, 0.25) is 11.8 Å². The third kappa shape index (κ3) is 6.50. The molecule has 6 nitrogen and oxygen atoms in total. The van der Waals surface area contributed by atoms with Crippen LogP contribution < -0.4 is 10.6 Å². The molecule has 0 aromatic heterocycles. The number of aliphatic carboxylic acids is 1. The Bertz CT molecular complexity index is 539. The lowest BCUT2D eigenvalue weighted by molar-refractivity contribution is -0.140. The van der Waals surface area contributed by atoms with Gasteiger partial charge in [0.25, 0.3) is 0 Å². The summed E-state index contributed by atoms with van der Waals surface area (Å²) in [6, 6.07) is 5.80. The molecule has 0 aliphatic rings. The van der Waals surface area contributed by atoms with Gasteiger partial charge >= 0.3 is 5.97 Å². The molecule has 0 saturated heterocycles. The number of hydrogen-bond acceptors (Lipinski definition) is 4. The summed E-state index contributed by atoms with van der Waals surface area (Å²) in [4.78, 5) is 33.5. The number of para-hydroxylation sites is 1. The van der Waals surface area contributed by atoms with E-state index < -0.39 is 17.9 Å². The molecule has 8 heteroatoms. The van der Waals surface area contributed by atoms with E-state index in [2.05, 4.69) is 10.6 Å². The fourth-order valence-corrected chi connectivity index (χ4v) is 2.46. The second kappa shape index (κ2) is 8.53. The minimum atomic E-state index is -1.13. The predicted molar refractivity (Wildman–Crippen MR) is 82.6 cm³/mol. The molecule has 0 aliphatic carbocycles. The van der Waals surface area contributed by atoms with Gasteiger partial charge in [-0.15, -0.1) is 11.8 Å². The average molecular weight is 331 g/mol. The molecule has 0 heterocycles. The molecule has 0 aliphatic heterocycles. The first-order valence-electron chi connectivity index (χ1n) is 6.02. The number of nitrogens with one attached hydrogen (secondary N) is 2. The number of anilines is 1. The van der Waals surface area contributed by atoms with Crippen molar-refractivity contribution in [3.8, 4) is 0 Å². The Balaban J connectivity index is 2.41. The van der Waals surface area contributed by atoms with E-state index in [1.54, 1.807) is 24.3 Å². The summed E-state index contributed by atoms with van der Waals surface area (Å²) in [5.41, 5.74) is 0.501. The molecule has 2 amide bonds. The van der Waals surface area contributed by atoms with Crippen molar-refractivity contribution >= 4 is 46.8 Å². The number of rotatable bonds is 7. The van der Waals surface area contributed by atoms with Gasteiger partial charge in [0.05, 0.1) is 16.5 Å². The molecule has 1 atom stereocenters. The molecule has 0 radical (unpaired) electrons. The SMILES string of the molecule is CC(=O)NC(CSCC(=O)Nc1ccccc1Cl)C(=O)O. The van der Waals surface area contributed by atoms with Gasteiger partial charge in [-0.25, -0.2) is 4.79 Å². The molecular formula is C13H15ClN2O4S. The highest BCUT2D eigenvalue weighted by atomic mass is 35.5. The summed E-state index contributed by atoms with van der Waals surface area (Å²) >= 11 is 7.02. The molecule has 0 fully saturated rings. The van der Waals surface area contributed by atoms with E-state index in [-0.39, 0.29) is 17.4 Å². The van der Waals surface area contributed by atoms with Crippen molar-refractivity contribution in [2.45, 2.75) is 13.0 Å². The van der Waals surface area contributed by atoms with Crippen LogP contribution in [0, 0.1) is 0 Å². The Morgan fingerprint density at radius 2 is 2.00 bits per heavy atom. The molecule has 21 heavy (non-hydrogen) atoms. The Labute approximate surface area is 131 Å². The molecular weight excluding hydrogens is 316 g/mol. The fraction of sp³-hybridized carbons (Fsp3) is 0.308. The van der Waals surface area contributed by atoms with Crippen molar-refractivity contribution in [3.05, 3.63) is 29.3 Å². The van der Waals surface area contributed by atoms with Gasteiger partial charge < -0.3 is 15.7 Å². The number of benzene rings is 1. The predicted octanol–water partition coefficient (Wildman–Crippen LogP) is 1.60. The molecule has 0 spiro atoms. The highest BCUT2D eigenvalue weighted by Crippen LogP contribution is 2.20. The van der Waals surface area contributed by atoms with Crippen molar-refractivity contribution in [1.29, 1.82) is 0 Å². The zero-order valence-corrected chi connectivity index (χ0v) is 12.8. The van der Waals surface area contributed by atoms with E-state index in [1.807, 2.05) is 0 Å².